The van der Waals surface area contributed by atoms with Crippen LogP contribution in [0.25, 0.3) is 0 Å². The smallest absolute Gasteiger partial charge is 0.237 e. The molecule has 96 valence electrons. The third kappa shape index (κ3) is 6.80. The second-order valence-corrected chi connectivity index (χ2v) is 4.39. The highest BCUT2D eigenvalue weighted by molar-refractivity contribution is 5.81. The zero-order chi connectivity index (χ0) is 12.6. The van der Waals surface area contributed by atoms with Gasteiger partial charge < -0.3 is 15.5 Å². The van der Waals surface area contributed by atoms with E-state index >= 15 is 0 Å². The fourth-order valence-electron chi connectivity index (χ4n) is 1.19. The van der Waals surface area contributed by atoms with Crippen molar-refractivity contribution in [2.45, 2.75) is 46.2 Å². The Labute approximate surface area is 99.8 Å². The zero-order valence-corrected chi connectivity index (χ0v) is 11.3. The van der Waals surface area contributed by atoms with E-state index in [1.165, 1.54) is 0 Å². The molecule has 4 heteroatoms. The Hall–Kier alpha value is -0.610. The SMILES string of the molecule is CCC(C)NC(=O)C(C)NCCN(C)CC. The lowest BCUT2D eigenvalue weighted by Gasteiger charge is -2.19. The second-order valence-electron chi connectivity index (χ2n) is 4.39. The van der Waals surface area contributed by atoms with Crippen molar-refractivity contribution in [2.24, 2.45) is 0 Å². The highest BCUT2D eigenvalue weighted by Gasteiger charge is 2.13. The molecule has 0 spiro atoms. The number of amides is 1. The molecule has 2 unspecified atom stereocenters. The van der Waals surface area contributed by atoms with Crippen LogP contribution in [0, 0.1) is 0 Å². The average Bonchev–Trinajstić information content (AvgIpc) is 2.28. The van der Waals surface area contributed by atoms with E-state index in [1.807, 2.05) is 13.8 Å². The first-order valence-electron chi connectivity index (χ1n) is 6.23. The van der Waals surface area contributed by atoms with Crippen LogP contribution in [0.4, 0.5) is 0 Å². The van der Waals surface area contributed by atoms with Gasteiger partial charge in [0, 0.05) is 19.1 Å². The molecule has 0 aromatic rings. The topological polar surface area (TPSA) is 44.4 Å². The van der Waals surface area contributed by atoms with Crippen LogP contribution in [-0.4, -0.2) is 49.6 Å². The molecular weight excluding hydrogens is 202 g/mol. The van der Waals surface area contributed by atoms with Crippen LogP contribution in [0.15, 0.2) is 0 Å². The van der Waals surface area contributed by atoms with Crippen molar-refractivity contribution in [2.75, 3.05) is 26.7 Å². The van der Waals surface area contributed by atoms with Crippen molar-refractivity contribution in [3.05, 3.63) is 0 Å². The van der Waals surface area contributed by atoms with E-state index in [2.05, 4.69) is 36.4 Å². The third-order valence-electron chi connectivity index (χ3n) is 2.88. The van der Waals surface area contributed by atoms with Gasteiger partial charge in [-0.15, -0.1) is 0 Å². The van der Waals surface area contributed by atoms with Crippen molar-refractivity contribution >= 4 is 5.91 Å². The molecule has 0 radical (unpaired) electrons. The van der Waals surface area contributed by atoms with E-state index in [-0.39, 0.29) is 18.0 Å². The molecule has 0 bridgehead atoms. The summed E-state index contributed by atoms with van der Waals surface area (Å²) in [5.41, 5.74) is 0. The minimum Gasteiger partial charge on any atom is -0.352 e. The minimum atomic E-state index is -0.112. The van der Waals surface area contributed by atoms with Gasteiger partial charge in [-0.2, -0.15) is 0 Å². The summed E-state index contributed by atoms with van der Waals surface area (Å²) < 4.78 is 0. The lowest BCUT2D eigenvalue weighted by molar-refractivity contribution is -0.123. The number of hydrogen-bond acceptors (Lipinski definition) is 3. The molecule has 0 aromatic heterocycles. The monoisotopic (exact) mass is 229 g/mol. The Morgan fingerprint density at radius 3 is 2.44 bits per heavy atom. The molecule has 1 amide bonds. The number of carbonyl (C=O) groups is 1. The Bertz CT molecular complexity index is 197. The van der Waals surface area contributed by atoms with Crippen molar-refractivity contribution in [3.63, 3.8) is 0 Å². The van der Waals surface area contributed by atoms with Crippen LogP contribution in [0.1, 0.15) is 34.1 Å². The zero-order valence-electron chi connectivity index (χ0n) is 11.3. The van der Waals surface area contributed by atoms with Gasteiger partial charge in [-0.25, -0.2) is 0 Å². The summed E-state index contributed by atoms with van der Waals surface area (Å²) in [6.07, 6.45) is 0.969. The number of rotatable bonds is 8. The quantitative estimate of drug-likeness (QED) is 0.648. The van der Waals surface area contributed by atoms with Crippen LogP contribution in [0.5, 0.6) is 0 Å². The van der Waals surface area contributed by atoms with Gasteiger partial charge in [-0.1, -0.05) is 13.8 Å². The van der Waals surface area contributed by atoms with Gasteiger partial charge in [-0.05, 0) is 33.9 Å². The molecular formula is C12H27N3O. The van der Waals surface area contributed by atoms with Gasteiger partial charge in [0.25, 0.3) is 0 Å². The highest BCUT2D eigenvalue weighted by Crippen LogP contribution is 1.90. The first-order chi connectivity index (χ1) is 7.51. The first kappa shape index (κ1) is 15.4. The minimum absolute atomic E-state index is 0.0912. The molecule has 0 saturated heterocycles. The number of nitrogens with one attached hydrogen (secondary N) is 2. The van der Waals surface area contributed by atoms with Crippen molar-refractivity contribution in [1.29, 1.82) is 0 Å². The Morgan fingerprint density at radius 1 is 1.31 bits per heavy atom. The summed E-state index contributed by atoms with van der Waals surface area (Å²) in [7, 11) is 2.07. The molecule has 0 aliphatic rings. The maximum absolute atomic E-state index is 11.7. The van der Waals surface area contributed by atoms with Crippen LogP contribution >= 0.6 is 0 Å². The van der Waals surface area contributed by atoms with Gasteiger partial charge in [0.1, 0.15) is 0 Å². The normalized spacial score (nSPS) is 14.9. The van der Waals surface area contributed by atoms with Crippen LogP contribution in [0.2, 0.25) is 0 Å². The molecule has 2 atom stereocenters. The van der Waals surface area contributed by atoms with E-state index < -0.39 is 0 Å². The van der Waals surface area contributed by atoms with Gasteiger partial charge in [0.15, 0.2) is 0 Å². The van der Waals surface area contributed by atoms with Gasteiger partial charge in [0.05, 0.1) is 6.04 Å². The standard InChI is InChI=1S/C12H27N3O/c1-6-10(3)14-12(16)11(4)13-8-9-15(5)7-2/h10-11,13H,6-9H2,1-5H3,(H,14,16). The number of likely N-dealkylation sites (N-methyl/N-ethyl adjacent to an activating group) is 1. The molecule has 0 heterocycles. The van der Waals surface area contributed by atoms with Gasteiger partial charge in [0.2, 0.25) is 5.91 Å². The Kier molecular flexibility index (Phi) is 8.21. The fourth-order valence-corrected chi connectivity index (χ4v) is 1.19. The predicted molar refractivity (Wildman–Crippen MR) is 68.5 cm³/mol. The molecule has 4 nitrogen and oxygen atoms in total. The lowest BCUT2D eigenvalue weighted by atomic mass is 10.2. The second kappa shape index (κ2) is 8.53. The molecule has 0 fully saturated rings. The summed E-state index contributed by atoms with van der Waals surface area (Å²) >= 11 is 0. The van der Waals surface area contributed by atoms with Crippen molar-refractivity contribution in [1.82, 2.24) is 15.5 Å². The van der Waals surface area contributed by atoms with Gasteiger partial charge in [-0.3, -0.25) is 4.79 Å². The predicted octanol–water partition coefficient (Wildman–Crippen LogP) is 0.831. The molecule has 16 heavy (non-hydrogen) atoms. The van der Waals surface area contributed by atoms with E-state index in [9.17, 15) is 4.79 Å². The third-order valence-corrected chi connectivity index (χ3v) is 2.88. The van der Waals surface area contributed by atoms with Crippen molar-refractivity contribution < 1.29 is 4.79 Å². The van der Waals surface area contributed by atoms with Crippen LogP contribution in [-0.2, 0) is 4.79 Å². The van der Waals surface area contributed by atoms with Crippen LogP contribution in [0.3, 0.4) is 0 Å². The summed E-state index contributed by atoms with van der Waals surface area (Å²) in [6, 6.07) is 0.148. The summed E-state index contributed by atoms with van der Waals surface area (Å²) in [6.45, 7) is 11.0. The largest absolute Gasteiger partial charge is 0.352 e. The summed E-state index contributed by atoms with van der Waals surface area (Å²) in [5, 5.41) is 6.19. The lowest BCUT2D eigenvalue weighted by Crippen LogP contribution is -2.46. The maximum atomic E-state index is 11.7. The molecule has 0 rings (SSSR count). The molecule has 0 saturated carbocycles. The van der Waals surface area contributed by atoms with E-state index in [0.717, 1.165) is 26.1 Å². The molecule has 0 aromatic carbocycles. The highest BCUT2D eigenvalue weighted by atomic mass is 16.2. The number of nitrogens with zero attached hydrogens (tertiary/aromatic N) is 1. The summed E-state index contributed by atoms with van der Waals surface area (Å²) in [4.78, 5) is 13.9. The maximum Gasteiger partial charge on any atom is 0.237 e. The average molecular weight is 229 g/mol. The summed E-state index contributed by atoms with van der Waals surface area (Å²) in [5.74, 6) is 0.0912. The van der Waals surface area contributed by atoms with E-state index in [4.69, 9.17) is 0 Å². The molecule has 0 aliphatic heterocycles. The molecule has 2 N–H and O–H groups in total. The number of carbonyl (C=O) groups excluding carboxylic acids is 1. The Balaban J connectivity index is 3.71. The van der Waals surface area contributed by atoms with E-state index in [1.54, 1.807) is 0 Å². The Morgan fingerprint density at radius 2 is 1.94 bits per heavy atom. The van der Waals surface area contributed by atoms with Gasteiger partial charge >= 0.3 is 0 Å². The number of hydrogen-bond donors (Lipinski definition) is 2. The first-order valence-corrected chi connectivity index (χ1v) is 6.23. The molecule has 0 aliphatic carbocycles. The van der Waals surface area contributed by atoms with Crippen molar-refractivity contribution in [3.8, 4) is 0 Å². The van der Waals surface area contributed by atoms with Crippen LogP contribution < -0.4 is 10.6 Å². The van der Waals surface area contributed by atoms with E-state index in [0.29, 0.717) is 0 Å². The fraction of sp³-hybridized carbons (Fsp3) is 0.917.